The molecule has 1 saturated heterocycles. The quantitative estimate of drug-likeness (QED) is 0.866. The third-order valence-corrected chi connectivity index (χ3v) is 4.53. The fraction of sp³-hybridized carbons (Fsp3) is 0.350. The molecule has 1 unspecified atom stereocenters. The standard InChI is InChI=1S/C20H21F3N2O2/c21-20(22,23)17-8-6-16(7-9-17)19(26)24-18(15-4-2-1-3-5-15)14-25-10-12-27-13-11-25/h1-9,18H,10-14H2,(H,24,26). The van der Waals surface area contributed by atoms with E-state index in [1.807, 2.05) is 30.3 Å². The van der Waals surface area contributed by atoms with Crippen molar-refractivity contribution >= 4 is 5.91 Å². The van der Waals surface area contributed by atoms with Crippen LogP contribution >= 0.6 is 0 Å². The van der Waals surface area contributed by atoms with E-state index in [-0.39, 0.29) is 11.6 Å². The Morgan fingerprint density at radius 2 is 1.67 bits per heavy atom. The van der Waals surface area contributed by atoms with Crippen molar-refractivity contribution in [2.75, 3.05) is 32.8 Å². The van der Waals surface area contributed by atoms with Gasteiger partial charge in [-0.1, -0.05) is 30.3 Å². The number of benzene rings is 2. The molecule has 3 rings (SSSR count). The molecule has 0 saturated carbocycles. The van der Waals surface area contributed by atoms with Gasteiger partial charge in [-0.25, -0.2) is 0 Å². The molecule has 27 heavy (non-hydrogen) atoms. The second-order valence-electron chi connectivity index (χ2n) is 6.42. The normalized spacial score (nSPS) is 16.7. The Morgan fingerprint density at radius 3 is 2.26 bits per heavy atom. The SMILES string of the molecule is O=C(NC(CN1CCOCC1)c1ccccc1)c1ccc(C(F)(F)F)cc1. The number of nitrogens with zero attached hydrogens (tertiary/aromatic N) is 1. The van der Waals surface area contributed by atoms with Crippen LogP contribution in [0.3, 0.4) is 0 Å². The molecule has 1 aliphatic rings. The number of alkyl halides is 3. The number of carbonyl (C=O) groups is 1. The minimum atomic E-state index is -4.42. The van der Waals surface area contributed by atoms with E-state index in [2.05, 4.69) is 10.2 Å². The molecule has 1 atom stereocenters. The van der Waals surface area contributed by atoms with E-state index in [1.165, 1.54) is 12.1 Å². The highest BCUT2D eigenvalue weighted by Crippen LogP contribution is 2.29. The van der Waals surface area contributed by atoms with Crippen LogP contribution < -0.4 is 5.32 Å². The van der Waals surface area contributed by atoms with Crippen LogP contribution in [-0.2, 0) is 10.9 Å². The van der Waals surface area contributed by atoms with Gasteiger partial charge in [-0.3, -0.25) is 9.69 Å². The van der Waals surface area contributed by atoms with Crippen LogP contribution in [0.5, 0.6) is 0 Å². The number of rotatable bonds is 5. The van der Waals surface area contributed by atoms with Crippen LogP contribution in [0.2, 0.25) is 0 Å². The van der Waals surface area contributed by atoms with Gasteiger partial charge in [0, 0.05) is 25.2 Å². The van der Waals surface area contributed by atoms with Crippen molar-refractivity contribution in [2.24, 2.45) is 0 Å². The molecule has 0 bridgehead atoms. The largest absolute Gasteiger partial charge is 0.416 e. The average Bonchev–Trinajstić information content (AvgIpc) is 2.68. The summed E-state index contributed by atoms with van der Waals surface area (Å²) in [6.45, 7) is 3.46. The van der Waals surface area contributed by atoms with Crippen molar-refractivity contribution in [1.82, 2.24) is 10.2 Å². The number of hydrogen-bond acceptors (Lipinski definition) is 3. The maximum atomic E-state index is 12.7. The van der Waals surface area contributed by atoms with Crippen molar-refractivity contribution in [3.8, 4) is 0 Å². The highest BCUT2D eigenvalue weighted by molar-refractivity contribution is 5.94. The Kier molecular flexibility index (Phi) is 6.13. The summed E-state index contributed by atoms with van der Waals surface area (Å²) in [7, 11) is 0. The molecule has 1 N–H and O–H groups in total. The van der Waals surface area contributed by atoms with Crippen molar-refractivity contribution < 1.29 is 22.7 Å². The first-order valence-electron chi connectivity index (χ1n) is 8.76. The summed E-state index contributed by atoms with van der Waals surface area (Å²) in [5, 5.41) is 2.95. The Bertz CT molecular complexity index is 742. The highest BCUT2D eigenvalue weighted by Gasteiger charge is 2.30. The van der Waals surface area contributed by atoms with Gasteiger partial charge in [-0.2, -0.15) is 13.2 Å². The Morgan fingerprint density at radius 1 is 1.04 bits per heavy atom. The summed E-state index contributed by atoms with van der Waals surface area (Å²) in [6.07, 6.45) is -4.42. The van der Waals surface area contributed by atoms with E-state index < -0.39 is 17.6 Å². The number of halogens is 3. The van der Waals surface area contributed by atoms with E-state index >= 15 is 0 Å². The maximum absolute atomic E-state index is 12.7. The zero-order valence-corrected chi connectivity index (χ0v) is 14.7. The van der Waals surface area contributed by atoms with E-state index in [9.17, 15) is 18.0 Å². The minimum Gasteiger partial charge on any atom is -0.379 e. The number of morpholine rings is 1. The summed E-state index contributed by atoms with van der Waals surface area (Å²) in [5.74, 6) is -0.397. The lowest BCUT2D eigenvalue weighted by molar-refractivity contribution is -0.137. The van der Waals surface area contributed by atoms with E-state index in [0.717, 1.165) is 30.8 Å². The van der Waals surface area contributed by atoms with Gasteiger partial charge in [-0.15, -0.1) is 0 Å². The molecule has 1 aliphatic heterocycles. The van der Waals surface area contributed by atoms with Gasteiger partial charge in [0.15, 0.2) is 0 Å². The Labute approximate surface area is 155 Å². The van der Waals surface area contributed by atoms with E-state index in [1.54, 1.807) is 0 Å². The van der Waals surface area contributed by atoms with Gasteiger partial charge in [0.25, 0.3) is 5.91 Å². The summed E-state index contributed by atoms with van der Waals surface area (Å²) >= 11 is 0. The Hall–Kier alpha value is -2.38. The van der Waals surface area contributed by atoms with Crippen molar-refractivity contribution in [3.05, 3.63) is 71.3 Å². The smallest absolute Gasteiger partial charge is 0.379 e. The molecule has 1 fully saturated rings. The molecule has 144 valence electrons. The van der Waals surface area contributed by atoms with E-state index in [0.29, 0.717) is 19.8 Å². The van der Waals surface area contributed by atoms with Gasteiger partial charge in [0.1, 0.15) is 0 Å². The van der Waals surface area contributed by atoms with Crippen molar-refractivity contribution in [1.29, 1.82) is 0 Å². The second-order valence-corrected chi connectivity index (χ2v) is 6.42. The van der Waals surface area contributed by atoms with Crippen LogP contribution in [0.4, 0.5) is 13.2 Å². The lowest BCUT2D eigenvalue weighted by Gasteiger charge is -2.31. The van der Waals surface area contributed by atoms with Crippen LogP contribution in [0.15, 0.2) is 54.6 Å². The van der Waals surface area contributed by atoms with Crippen molar-refractivity contribution in [2.45, 2.75) is 12.2 Å². The monoisotopic (exact) mass is 378 g/mol. The predicted molar refractivity (Wildman–Crippen MR) is 95.4 cm³/mol. The first-order chi connectivity index (χ1) is 12.9. The molecule has 0 spiro atoms. The number of hydrogen-bond donors (Lipinski definition) is 1. The summed E-state index contributed by atoms with van der Waals surface area (Å²) < 4.78 is 43.4. The van der Waals surface area contributed by atoms with Crippen LogP contribution in [0, 0.1) is 0 Å². The Balaban J connectivity index is 1.73. The fourth-order valence-corrected chi connectivity index (χ4v) is 3.01. The van der Waals surface area contributed by atoms with Gasteiger partial charge in [-0.05, 0) is 29.8 Å². The number of amides is 1. The molecule has 2 aromatic carbocycles. The lowest BCUT2D eigenvalue weighted by Crippen LogP contribution is -2.43. The molecule has 0 aliphatic carbocycles. The first kappa shape index (κ1) is 19.4. The zero-order valence-electron chi connectivity index (χ0n) is 14.7. The number of ether oxygens (including phenoxy) is 1. The van der Waals surface area contributed by atoms with Gasteiger partial charge >= 0.3 is 6.18 Å². The third-order valence-electron chi connectivity index (χ3n) is 4.53. The molecule has 4 nitrogen and oxygen atoms in total. The molecule has 2 aromatic rings. The molecule has 0 aromatic heterocycles. The lowest BCUT2D eigenvalue weighted by atomic mass is 10.0. The van der Waals surface area contributed by atoms with Gasteiger partial charge in [0.2, 0.25) is 0 Å². The van der Waals surface area contributed by atoms with Gasteiger partial charge in [0.05, 0.1) is 24.8 Å². The summed E-state index contributed by atoms with van der Waals surface area (Å²) in [6, 6.07) is 13.5. The zero-order chi connectivity index (χ0) is 19.3. The number of nitrogens with one attached hydrogen (secondary N) is 1. The average molecular weight is 378 g/mol. The first-order valence-corrected chi connectivity index (χ1v) is 8.76. The summed E-state index contributed by atoms with van der Waals surface area (Å²) in [5.41, 5.74) is 0.377. The highest BCUT2D eigenvalue weighted by atomic mass is 19.4. The van der Waals surface area contributed by atoms with Gasteiger partial charge < -0.3 is 10.1 Å². The molecule has 7 heteroatoms. The fourth-order valence-electron chi connectivity index (χ4n) is 3.01. The topological polar surface area (TPSA) is 41.6 Å². The van der Waals surface area contributed by atoms with Crippen LogP contribution in [0.25, 0.3) is 0 Å². The molecular weight excluding hydrogens is 357 g/mol. The van der Waals surface area contributed by atoms with Crippen LogP contribution in [0.1, 0.15) is 27.5 Å². The predicted octanol–water partition coefficient (Wildman–Crippen LogP) is 3.51. The molecule has 1 amide bonds. The second kappa shape index (κ2) is 8.54. The molecular formula is C20H21F3N2O2. The summed E-state index contributed by atoms with van der Waals surface area (Å²) in [4.78, 5) is 14.8. The third kappa shape index (κ3) is 5.30. The number of carbonyl (C=O) groups excluding carboxylic acids is 1. The van der Waals surface area contributed by atoms with E-state index in [4.69, 9.17) is 4.74 Å². The molecule has 1 heterocycles. The van der Waals surface area contributed by atoms with Crippen molar-refractivity contribution in [3.63, 3.8) is 0 Å². The minimum absolute atomic E-state index is 0.200. The van der Waals surface area contributed by atoms with Crippen LogP contribution in [-0.4, -0.2) is 43.7 Å². The molecule has 0 radical (unpaired) electrons. The maximum Gasteiger partial charge on any atom is 0.416 e.